The zero-order valence-corrected chi connectivity index (χ0v) is 27.6. The Hall–Kier alpha value is -1.32. The molecule has 0 radical (unpaired) electrons. The fourth-order valence-electron chi connectivity index (χ4n) is 5.53. The fourth-order valence-corrected chi connectivity index (χ4v) is 5.53. The number of carbonyl (C=O) groups is 2. The molecule has 0 spiro atoms. The minimum atomic E-state index is -0.724. The van der Waals surface area contributed by atoms with Gasteiger partial charge in [0.25, 0.3) is 0 Å². The molecule has 4 heteroatoms. The lowest BCUT2D eigenvalue weighted by Crippen LogP contribution is -2.18. The van der Waals surface area contributed by atoms with Gasteiger partial charge in [-0.3, -0.25) is 9.59 Å². The molecule has 1 atom stereocenters. The van der Waals surface area contributed by atoms with Crippen LogP contribution in [0.25, 0.3) is 0 Å². The summed E-state index contributed by atoms with van der Waals surface area (Å²) in [7, 11) is 0. The second-order valence-corrected chi connectivity index (χ2v) is 12.4. The lowest BCUT2D eigenvalue weighted by atomic mass is 10.0. The van der Waals surface area contributed by atoms with Crippen LogP contribution in [0.15, 0.2) is 12.2 Å². The molecule has 0 aliphatic carbocycles. The molecule has 0 amide bonds. The Kier molecular flexibility index (Phi) is 32.1. The molecule has 0 aliphatic heterocycles. The summed E-state index contributed by atoms with van der Waals surface area (Å²) in [5, 5.41) is 8.85. The van der Waals surface area contributed by atoms with Crippen LogP contribution in [0.2, 0.25) is 0 Å². The number of aliphatic carboxylic acids is 1. The molecule has 1 unspecified atom stereocenters. The Balaban J connectivity index is 3.85. The van der Waals surface area contributed by atoms with Crippen LogP contribution in [0.4, 0.5) is 0 Å². The van der Waals surface area contributed by atoms with Crippen molar-refractivity contribution in [3.63, 3.8) is 0 Å². The summed E-state index contributed by atoms with van der Waals surface area (Å²) in [6.45, 7) is 4.53. The van der Waals surface area contributed by atoms with Crippen molar-refractivity contribution in [1.29, 1.82) is 0 Å². The maximum absolute atomic E-state index is 12.5. The predicted molar refractivity (Wildman–Crippen MR) is 177 cm³/mol. The van der Waals surface area contributed by atoms with Gasteiger partial charge in [-0.05, 0) is 64.2 Å². The number of esters is 1. The summed E-state index contributed by atoms with van der Waals surface area (Å²) >= 11 is 0. The molecule has 1 N–H and O–H groups in total. The number of ether oxygens (including phenoxy) is 1. The van der Waals surface area contributed by atoms with E-state index in [1.54, 1.807) is 0 Å². The van der Waals surface area contributed by atoms with E-state index in [9.17, 15) is 9.59 Å². The number of carbonyl (C=O) groups excluding carboxylic acids is 1. The van der Waals surface area contributed by atoms with E-state index in [1.165, 1.54) is 128 Å². The number of carboxylic acids is 1. The van der Waals surface area contributed by atoms with Crippen LogP contribution < -0.4 is 0 Å². The van der Waals surface area contributed by atoms with E-state index in [4.69, 9.17) is 9.84 Å². The van der Waals surface area contributed by atoms with Crippen molar-refractivity contribution in [2.75, 3.05) is 0 Å². The summed E-state index contributed by atoms with van der Waals surface area (Å²) in [6.07, 6.45) is 39.4. The van der Waals surface area contributed by atoms with Gasteiger partial charge >= 0.3 is 11.9 Å². The zero-order chi connectivity index (χ0) is 30.1. The fraction of sp³-hybridized carbons (Fsp3) is 0.892. The topological polar surface area (TPSA) is 63.6 Å². The molecule has 0 saturated carbocycles. The summed E-state index contributed by atoms with van der Waals surface area (Å²) < 4.78 is 5.91. The highest BCUT2D eigenvalue weighted by molar-refractivity contribution is 5.69. The molecule has 41 heavy (non-hydrogen) atoms. The number of rotatable bonds is 33. The van der Waals surface area contributed by atoms with Crippen molar-refractivity contribution < 1.29 is 19.4 Å². The van der Waals surface area contributed by atoms with Crippen molar-refractivity contribution >= 4 is 11.9 Å². The normalized spacial score (nSPS) is 12.2. The minimum absolute atomic E-state index is 0.00673. The molecule has 4 nitrogen and oxygen atoms in total. The van der Waals surface area contributed by atoms with Gasteiger partial charge < -0.3 is 9.84 Å². The number of unbranched alkanes of at least 4 members (excludes halogenated alkanes) is 22. The molecule has 242 valence electrons. The highest BCUT2D eigenvalue weighted by atomic mass is 16.5. The first kappa shape index (κ1) is 39.7. The largest absolute Gasteiger partial charge is 0.481 e. The van der Waals surface area contributed by atoms with Gasteiger partial charge in [-0.2, -0.15) is 0 Å². The van der Waals surface area contributed by atoms with Crippen LogP contribution in [-0.2, 0) is 14.3 Å². The molecule has 0 aromatic rings. The van der Waals surface area contributed by atoms with Crippen molar-refractivity contribution in [2.45, 2.75) is 213 Å². The average Bonchev–Trinajstić information content (AvgIpc) is 2.95. The molecular formula is C37H70O4. The molecule has 0 aromatic carbocycles. The summed E-state index contributed by atoms with van der Waals surface area (Å²) in [5.41, 5.74) is 0. The van der Waals surface area contributed by atoms with E-state index in [-0.39, 0.29) is 18.5 Å². The lowest BCUT2D eigenvalue weighted by molar-refractivity contribution is -0.150. The van der Waals surface area contributed by atoms with E-state index in [0.29, 0.717) is 12.8 Å². The molecule has 0 heterocycles. The lowest BCUT2D eigenvalue weighted by Gasteiger charge is -2.18. The molecule has 0 fully saturated rings. The van der Waals surface area contributed by atoms with Gasteiger partial charge in [-0.15, -0.1) is 0 Å². The number of allylic oxidation sites excluding steroid dienone is 2. The number of hydrogen-bond acceptors (Lipinski definition) is 3. The molecule has 0 aliphatic rings. The van der Waals surface area contributed by atoms with E-state index < -0.39 is 5.97 Å². The van der Waals surface area contributed by atoms with Gasteiger partial charge in [-0.1, -0.05) is 142 Å². The molecular weight excluding hydrogens is 508 g/mol. The maximum Gasteiger partial charge on any atom is 0.306 e. The summed E-state index contributed by atoms with van der Waals surface area (Å²) in [6, 6.07) is 0. The third-order valence-corrected chi connectivity index (χ3v) is 8.24. The van der Waals surface area contributed by atoms with Crippen molar-refractivity contribution in [2.24, 2.45) is 0 Å². The van der Waals surface area contributed by atoms with Crippen LogP contribution >= 0.6 is 0 Å². The smallest absolute Gasteiger partial charge is 0.306 e. The summed E-state index contributed by atoms with van der Waals surface area (Å²) in [5.74, 6) is -0.758. The van der Waals surface area contributed by atoms with Gasteiger partial charge in [0.05, 0.1) is 0 Å². The third-order valence-electron chi connectivity index (χ3n) is 8.24. The van der Waals surface area contributed by atoms with E-state index in [1.807, 2.05) is 0 Å². The van der Waals surface area contributed by atoms with Gasteiger partial charge in [0, 0.05) is 12.8 Å². The second-order valence-electron chi connectivity index (χ2n) is 12.4. The Morgan fingerprint density at radius 3 is 1.34 bits per heavy atom. The van der Waals surface area contributed by atoms with Crippen LogP contribution in [0, 0.1) is 0 Å². The highest BCUT2D eigenvalue weighted by Crippen LogP contribution is 2.18. The predicted octanol–water partition coefficient (Wildman–Crippen LogP) is 12.3. The number of hydrogen-bond donors (Lipinski definition) is 1. The maximum atomic E-state index is 12.5. The molecule has 0 aromatic heterocycles. The first-order valence-corrected chi connectivity index (χ1v) is 18.2. The first-order chi connectivity index (χ1) is 20.1. The van der Waals surface area contributed by atoms with E-state index >= 15 is 0 Å². The Labute approximate surface area is 255 Å². The van der Waals surface area contributed by atoms with Gasteiger partial charge in [0.15, 0.2) is 0 Å². The second kappa shape index (κ2) is 33.2. The monoisotopic (exact) mass is 579 g/mol. The van der Waals surface area contributed by atoms with Crippen LogP contribution in [0.3, 0.4) is 0 Å². The molecule has 0 rings (SSSR count). The Bertz CT molecular complexity index is 585. The minimum Gasteiger partial charge on any atom is -0.481 e. The number of carboxylic acid groups (broad SMARTS) is 1. The third kappa shape index (κ3) is 33.1. The van der Waals surface area contributed by atoms with Crippen LogP contribution in [0.1, 0.15) is 206 Å². The van der Waals surface area contributed by atoms with E-state index in [2.05, 4.69) is 26.0 Å². The zero-order valence-electron chi connectivity index (χ0n) is 27.6. The standard InChI is InChI=1S/C37H70O4/c1-3-5-7-9-11-13-14-15-16-17-18-19-20-21-23-25-30-34-37(40)41-35(32-28-26-29-33-36(38)39)31-27-24-22-12-10-8-6-4-2/h15-16,35H,3-14,17-34H2,1-2H3,(H,38,39)/b16-15-. The van der Waals surface area contributed by atoms with Crippen LogP contribution in [-0.4, -0.2) is 23.1 Å². The Morgan fingerprint density at radius 2 is 0.878 bits per heavy atom. The van der Waals surface area contributed by atoms with Crippen LogP contribution in [0.5, 0.6) is 0 Å². The molecule has 0 saturated heterocycles. The summed E-state index contributed by atoms with van der Waals surface area (Å²) in [4.78, 5) is 23.3. The first-order valence-electron chi connectivity index (χ1n) is 18.2. The van der Waals surface area contributed by atoms with Crippen molar-refractivity contribution in [3.8, 4) is 0 Å². The van der Waals surface area contributed by atoms with Crippen molar-refractivity contribution in [1.82, 2.24) is 0 Å². The Morgan fingerprint density at radius 1 is 0.512 bits per heavy atom. The molecule has 0 bridgehead atoms. The van der Waals surface area contributed by atoms with Gasteiger partial charge in [-0.25, -0.2) is 0 Å². The van der Waals surface area contributed by atoms with E-state index in [0.717, 1.165) is 44.9 Å². The van der Waals surface area contributed by atoms with Gasteiger partial charge in [0.1, 0.15) is 6.10 Å². The quantitative estimate of drug-likeness (QED) is 0.0478. The average molecular weight is 579 g/mol. The highest BCUT2D eigenvalue weighted by Gasteiger charge is 2.14. The van der Waals surface area contributed by atoms with Gasteiger partial charge in [0.2, 0.25) is 0 Å². The van der Waals surface area contributed by atoms with Crippen molar-refractivity contribution in [3.05, 3.63) is 12.2 Å². The SMILES string of the molecule is CCCCCCCC/C=C\CCCCCCCCCC(=O)OC(CCCCCCCCCC)CCCCCC(=O)O.